The summed E-state index contributed by atoms with van der Waals surface area (Å²) in [4.78, 5) is 27.3. The van der Waals surface area contributed by atoms with Gasteiger partial charge in [-0.1, -0.05) is 42.6 Å². The number of aromatic carboxylic acids is 1. The number of benzene rings is 2. The summed E-state index contributed by atoms with van der Waals surface area (Å²) in [6.45, 7) is 1.55. The van der Waals surface area contributed by atoms with E-state index >= 15 is 0 Å². The van der Waals surface area contributed by atoms with Crippen LogP contribution in [0.1, 0.15) is 60.9 Å². The quantitative estimate of drug-likeness (QED) is 0.552. The molecule has 6 nitrogen and oxygen atoms in total. The fourth-order valence-electron chi connectivity index (χ4n) is 5.47. The van der Waals surface area contributed by atoms with Crippen LogP contribution in [0.15, 0.2) is 48.5 Å². The molecule has 0 radical (unpaired) electrons. The third-order valence-corrected chi connectivity index (χ3v) is 7.72. The van der Waals surface area contributed by atoms with E-state index in [1.165, 1.54) is 0 Å². The zero-order valence-corrected chi connectivity index (χ0v) is 20.5. The molecule has 1 aliphatic heterocycles. The number of rotatable bonds is 7. The summed E-state index contributed by atoms with van der Waals surface area (Å²) in [5.41, 5.74) is 0.372. The topological polar surface area (TPSA) is 78.9 Å². The molecule has 0 spiro atoms. The minimum Gasteiger partial charge on any atom is -0.489 e. The number of nitrogens with one attached hydrogen (secondary N) is 1. The van der Waals surface area contributed by atoms with Crippen LogP contribution in [-0.4, -0.2) is 46.6 Å². The standard InChI is InChI=1S/C26H29ClN2O4.ClH/c27-20-4-3-5-21(16-20)33-22-10-15-29(17-22)26(11-1-2-12-26)24(32)28-25(13-14-25)19-8-6-18(7-9-19)23(30)31;/h3-9,16,22H,1-2,10-15,17H2,(H,28,32)(H,30,31);1H/t22-;/m1./s1. The van der Waals surface area contributed by atoms with Crippen LogP contribution in [0, 0.1) is 0 Å². The molecule has 5 rings (SSSR count). The lowest BCUT2D eigenvalue weighted by Gasteiger charge is -2.38. The predicted molar refractivity (Wildman–Crippen MR) is 133 cm³/mol. The van der Waals surface area contributed by atoms with Gasteiger partial charge in [-0.3, -0.25) is 9.69 Å². The molecule has 2 aromatic carbocycles. The average molecular weight is 505 g/mol. The Bertz CT molecular complexity index is 1050. The summed E-state index contributed by atoms with van der Waals surface area (Å²) >= 11 is 6.10. The highest BCUT2D eigenvalue weighted by Gasteiger charge is 2.53. The molecule has 2 aromatic rings. The molecule has 2 N–H and O–H groups in total. The first-order valence-corrected chi connectivity index (χ1v) is 12.1. The zero-order valence-electron chi connectivity index (χ0n) is 19.0. The van der Waals surface area contributed by atoms with Crippen LogP contribution in [0.4, 0.5) is 0 Å². The smallest absolute Gasteiger partial charge is 0.335 e. The molecule has 1 atom stereocenters. The monoisotopic (exact) mass is 504 g/mol. The maximum absolute atomic E-state index is 13.8. The van der Waals surface area contributed by atoms with E-state index in [1.807, 2.05) is 36.4 Å². The van der Waals surface area contributed by atoms with Gasteiger partial charge in [0.15, 0.2) is 0 Å². The van der Waals surface area contributed by atoms with Gasteiger partial charge >= 0.3 is 5.97 Å². The Morgan fingerprint density at radius 1 is 1.06 bits per heavy atom. The average Bonchev–Trinajstić information content (AvgIpc) is 3.19. The normalized spacial score (nSPS) is 22.6. The van der Waals surface area contributed by atoms with Crippen LogP contribution < -0.4 is 10.1 Å². The maximum Gasteiger partial charge on any atom is 0.335 e. The van der Waals surface area contributed by atoms with E-state index in [-0.39, 0.29) is 35.5 Å². The van der Waals surface area contributed by atoms with Crippen LogP contribution in [-0.2, 0) is 10.3 Å². The van der Waals surface area contributed by atoms with Crippen molar-refractivity contribution in [1.29, 1.82) is 0 Å². The van der Waals surface area contributed by atoms with Crippen molar-refractivity contribution in [3.8, 4) is 5.75 Å². The van der Waals surface area contributed by atoms with E-state index in [0.717, 1.165) is 69.3 Å². The maximum atomic E-state index is 13.8. The third-order valence-electron chi connectivity index (χ3n) is 7.49. The molecule has 3 aliphatic rings. The van der Waals surface area contributed by atoms with Crippen molar-refractivity contribution in [3.63, 3.8) is 0 Å². The van der Waals surface area contributed by atoms with Crippen molar-refractivity contribution >= 4 is 35.9 Å². The van der Waals surface area contributed by atoms with Crippen molar-refractivity contribution < 1.29 is 19.4 Å². The number of halogens is 2. The molecule has 34 heavy (non-hydrogen) atoms. The number of likely N-dealkylation sites (tertiary alicyclic amines) is 1. The lowest BCUT2D eigenvalue weighted by atomic mass is 9.92. The second-order valence-corrected chi connectivity index (χ2v) is 10.0. The molecule has 8 heteroatoms. The highest BCUT2D eigenvalue weighted by Crippen LogP contribution is 2.47. The molecule has 2 aliphatic carbocycles. The van der Waals surface area contributed by atoms with Gasteiger partial charge in [0.05, 0.1) is 11.1 Å². The van der Waals surface area contributed by atoms with Gasteiger partial charge in [0, 0.05) is 18.1 Å². The summed E-state index contributed by atoms with van der Waals surface area (Å²) in [7, 11) is 0. The van der Waals surface area contributed by atoms with Crippen molar-refractivity contribution in [2.75, 3.05) is 13.1 Å². The SMILES string of the molecule is Cl.O=C(O)c1ccc(C2(NC(=O)C3(N4CC[C@@H](Oc5cccc(Cl)c5)C4)CCCC3)CC2)cc1. The summed E-state index contributed by atoms with van der Waals surface area (Å²) in [6.07, 6.45) is 6.47. The molecule has 2 saturated carbocycles. The number of ether oxygens (including phenoxy) is 1. The lowest BCUT2D eigenvalue weighted by molar-refractivity contribution is -0.134. The Hall–Kier alpha value is -2.28. The highest BCUT2D eigenvalue weighted by molar-refractivity contribution is 6.30. The number of carboxylic acids is 1. The van der Waals surface area contributed by atoms with Crippen LogP contribution in [0.3, 0.4) is 0 Å². The lowest BCUT2D eigenvalue weighted by Crippen LogP contribution is -2.58. The van der Waals surface area contributed by atoms with E-state index in [0.29, 0.717) is 5.02 Å². The third kappa shape index (κ3) is 4.77. The van der Waals surface area contributed by atoms with E-state index in [4.69, 9.17) is 16.3 Å². The van der Waals surface area contributed by atoms with E-state index < -0.39 is 11.5 Å². The summed E-state index contributed by atoms with van der Waals surface area (Å²) in [5.74, 6) is -0.0758. The molecular formula is C26H30Cl2N2O4. The van der Waals surface area contributed by atoms with E-state index in [2.05, 4.69) is 10.2 Å². The fourth-order valence-corrected chi connectivity index (χ4v) is 5.65. The molecule has 0 unspecified atom stereocenters. The molecule has 1 saturated heterocycles. The van der Waals surface area contributed by atoms with Crippen molar-refractivity contribution in [2.24, 2.45) is 0 Å². The van der Waals surface area contributed by atoms with Crippen molar-refractivity contribution in [2.45, 2.75) is 62.1 Å². The number of carbonyl (C=O) groups excluding carboxylic acids is 1. The predicted octanol–water partition coefficient (Wildman–Crippen LogP) is 5.03. The van der Waals surface area contributed by atoms with Gasteiger partial charge in [-0.25, -0.2) is 4.79 Å². The minimum absolute atomic E-state index is 0. The van der Waals surface area contributed by atoms with Gasteiger partial charge in [0.2, 0.25) is 5.91 Å². The van der Waals surface area contributed by atoms with Crippen molar-refractivity contribution in [3.05, 3.63) is 64.7 Å². The van der Waals surface area contributed by atoms with Gasteiger partial charge in [-0.05, 0) is 68.0 Å². The largest absolute Gasteiger partial charge is 0.489 e. The van der Waals surface area contributed by atoms with E-state index in [9.17, 15) is 14.7 Å². The Morgan fingerprint density at radius 2 is 1.76 bits per heavy atom. The molecule has 0 bridgehead atoms. The van der Waals surface area contributed by atoms with Gasteiger partial charge in [0.1, 0.15) is 17.4 Å². The number of carbonyl (C=O) groups is 2. The van der Waals surface area contributed by atoms with Crippen LogP contribution >= 0.6 is 24.0 Å². The molecule has 1 heterocycles. The Labute approximate surface area is 211 Å². The number of nitrogens with zero attached hydrogens (tertiary/aromatic N) is 1. The van der Waals surface area contributed by atoms with E-state index in [1.54, 1.807) is 12.1 Å². The first-order valence-electron chi connectivity index (χ1n) is 11.7. The first kappa shape index (κ1) is 24.8. The number of hydrogen-bond acceptors (Lipinski definition) is 4. The Morgan fingerprint density at radius 3 is 2.38 bits per heavy atom. The van der Waals surface area contributed by atoms with Crippen LogP contribution in [0.25, 0.3) is 0 Å². The second-order valence-electron chi connectivity index (χ2n) is 9.59. The molecule has 3 fully saturated rings. The highest BCUT2D eigenvalue weighted by atomic mass is 35.5. The van der Waals surface area contributed by atoms with Crippen molar-refractivity contribution in [1.82, 2.24) is 10.2 Å². The number of hydrogen-bond donors (Lipinski definition) is 2. The second kappa shape index (κ2) is 9.76. The van der Waals surface area contributed by atoms with Crippen LogP contribution in [0.5, 0.6) is 5.75 Å². The fraction of sp³-hybridized carbons (Fsp3) is 0.462. The molecule has 1 amide bonds. The van der Waals surface area contributed by atoms with Gasteiger partial charge in [-0.15, -0.1) is 12.4 Å². The van der Waals surface area contributed by atoms with Gasteiger partial charge < -0.3 is 15.2 Å². The minimum atomic E-state index is -0.941. The number of carboxylic acid groups (broad SMARTS) is 1. The number of amides is 1. The Balaban J connectivity index is 0.00000274. The van der Waals surface area contributed by atoms with Crippen LogP contribution in [0.2, 0.25) is 5.02 Å². The molecular weight excluding hydrogens is 475 g/mol. The molecule has 0 aromatic heterocycles. The first-order chi connectivity index (χ1) is 15.9. The zero-order chi connectivity index (χ0) is 23.1. The van der Waals surface area contributed by atoms with Gasteiger partial charge in [-0.2, -0.15) is 0 Å². The summed E-state index contributed by atoms with van der Waals surface area (Å²) < 4.78 is 6.18. The van der Waals surface area contributed by atoms with Gasteiger partial charge in [0.25, 0.3) is 0 Å². The summed E-state index contributed by atoms with van der Waals surface area (Å²) in [5, 5.41) is 13.2. The molecule has 182 valence electrons. The Kier molecular flexibility index (Phi) is 7.13. The summed E-state index contributed by atoms with van der Waals surface area (Å²) in [6, 6.07) is 14.4.